The maximum Gasteiger partial charge on any atom is 0.0533 e. The minimum Gasteiger partial charge on any atom is -0.367 e. The summed E-state index contributed by atoms with van der Waals surface area (Å²) in [5.74, 6) is 0.647. The zero-order chi connectivity index (χ0) is 21.2. The minimum absolute atomic E-state index is 0.605. The summed E-state index contributed by atoms with van der Waals surface area (Å²) >= 11 is 0. The Labute approximate surface area is 187 Å². The fourth-order valence-electron chi connectivity index (χ4n) is 5.07. The van der Waals surface area contributed by atoms with Crippen LogP contribution in [0.3, 0.4) is 0 Å². The van der Waals surface area contributed by atoms with E-state index in [0.717, 1.165) is 6.54 Å². The quantitative estimate of drug-likeness (QED) is 0.344. The monoisotopic (exact) mass is 423 g/mol. The number of anilines is 1. The molecule has 5 rings (SSSR count). The first-order chi connectivity index (χ1) is 15.2. The van der Waals surface area contributed by atoms with Crippen molar-refractivity contribution in [3.05, 3.63) is 97.1 Å². The van der Waals surface area contributed by atoms with Gasteiger partial charge in [-0.2, -0.15) is 0 Å². The first-order valence-corrected chi connectivity index (χ1v) is 12.8. The van der Waals surface area contributed by atoms with Gasteiger partial charge in [-0.15, -0.1) is 0 Å². The fraction of sp³-hybridized carbons (Fsp3) is 0.241. The van der Waals surface area contributed by atoms with Gasteiger partial charge < -0.3 is 4.90 Å². The van der Waals surface area contributed by atoms with E-state index in [2.05, 4.69) is 116 Å². The highest BCUT2D eigenvalue weighted by Gasteiger charge is 2.32. The summed E-state index contributed by atoms with van der Waals surface area (Å²) in [6.45, 7) is 5.91. The summed E-state index contributed by atoms with van der Waals surface area (Å²) in [4.78, 5) is 2.74. The van der Waals surface area contributed by atoms with Crippen molar-refractivity contribution in [1.29, 1.82) is 0 Å². The Bertz CT molecular complexity index is 1110. The van der Waals surface area contributed by atoms with Crippen LogP contribution in [0.4, 0.5) is 5.69 Å². The summed E-state index contributed by atoms with van der Waals surface area (Å²) in [5, 5.41) is 7.05. The Hall–Kier alpha value is -2.63. The molecule has 1 nitrogen and oxygen atoms in total. The average Bonchev–Trinajstić information content (AvgIpc) is 3.30. The number of benzene rings is 4. The molecule has 4 aromatic carbocycles. The second-order valence-corrected chi connectivity index (χ2v) is 11.0. The Kier molecular flexibility index (Phi) is 5.79. The van der Waals surface area contributed by atoms with Crippen LogP contribution in [0.1, 0.15) is 26.7 Å². The molecule has 31 heavy (non-hydrogen) atoms. The second kappa shape index (κ2) is 8.85. The van der Waals surface area contributed by atoms with Gasteiger partial charge in [0.2, 0.25) is 0 Å². The highest BCUT2D eigenvalue weighted by Crippen LogP contribution is 2.42. The van der Waals surface area contributed by atoms with Crippen LogP contribution in [-0.4, -0.2) is 12.6 Å². The summed E-state index contributed by atoms with van der Waals surface area (Å²) in [5.41, 5.74) is 1.47. The predicted molar refractivity (Wildman–Crippen MR) is 138 cm³/mol. The van der Waals surface area contributed by atoms with Gasteiger partial charge in [0.1, 0.15) is 0 Å². The molecule has 0 bridgehead atoms. The number of fused-ring (bicyclic) bond motifs is 1. The topological polar surface area (TPSA) is 3.24 Å². The fourth-order valence-corrected chi connectivity index (χ4v) is 7.55. The van der Waals surface area contributed by atoms with Crippen LogP contribution in [0.15, 0.2) is 97.1 Å². The van der Waals surface area contributed by atoms with Crippen LogP contribution >= 0.6 is 7.92 Å². The van der Waals surface area contributed by atoms with Crippen LogP contribution < -0.4 is 20.8 Å². The van der Waals surface area contributed by atoms with Crippen molar-refractivity contribution in [3.8, 4) is 0 Å². The van der Waals surface area contributed by atoms with Gasteiger partial charge in [-0.25, -0.2) is 0 Å². The molecule has 1 aliphatic rings. The lowest BCUT2D eigenvalue weighted by Gasteiger charge is -2.34. The second-order valence-electron chi connectivity index (χ2n) is 8.81. The lowest BCUT2D eigenvalue weighted by Crippen LogP contribution is -2.37. The molecule has 156 valence electrons. The van der Waals surface area contributed by atoms with E-state index in [0.29, 0.717) is 12.0 Å². The lowest BCUT2D eigenvalue weighted by molar-refractivity contribution is 0.493. The molecule has 0 spiro atoms. The summed E-state index contributed by atoms with van der Waals surface area (Å²) in [7, 11) is -0.636. The van der Waals surface area contributed by atoms with Gasteiger partial charge in [0.05, 0.1) is 5.69 Å². The zero-order valence-electron chi connectivity index (χ0n) is 18.4. The third kappa shape index (κ3) is 3.88. The van der Waals surface area contributed by atoms with E-state index in [4.69, 9.17) is 0 Å². The molecule has 1 atom stereocenters. The highest BCUT2D eigenvalue weighted by atomic mass is 31.1. The summed E-state index contributed by atoms with van der Waals surface area (Å²) in [6, 6.07) is 36.5. The number of hydrogen-bond acceptors (Lipinski definition) is 1. The van der Waals surface area contributed by atoms with E-state index < -0.39 is 7.92 Å². The number of rotatable bonds is 5. The third-order valence-corrected chi connectivity index (χ3v) is 8.98. The summed E-state index contributed by atoms with van der Waals surface area (Å²) < 4.78 is 0. The number of nitrogens with zero attached hydrogens (tertiary/aromatic N) is 1. The lowest BCUT2D eigenvalue weighted by atomic mass is 10.0. The Balaban J connectivity index is 1.78. The Morgan fingerprint density at radius 1 is 0.742 bits per heavy atom. The maximum atomic E-state index is 2.74. The molecule has 1 fully saturated rings. The average molecular weight is 424 g/mol. The molecular weight excluding hydrogens is 393 g/mol. The Morgan fingerprint density at radius 3 is 2.00 bits per heavy atom. The van der Waals surface area contributed by atoms with Gasteiger partial charge in [0.15, 0.2) is 0 Å². The molecule has 2 heteroatoms. The molecular formula is C29H30NP. The molecule has 0 radical (unpaired) electrons. The van der Waals surface area contributed by atoms with E-state index in [1.54, 1.807) is 0 Å². The highest BCUT2D eigenvalue weighted by molar-refractivity contribution is 7.80. The molecule has 4 aromatic rings. The molecule has 0 saturated carbocycles. The molecule has 1 unspecified atom stereocenters. The molecule has 0 N–H and O–H groups in total. The van der Waals surface area contributed by atoms with Crippen molar-refractivity contribution >= 4 is 40.3 Å². The van der Waals surface area contributed by atoms with E-state index in [1.807, 2.05) is 0 Å². The Morgan fingerprint density at radius 2 is 1.35 bits per heavy atom. The normalized spacial score (nSPS) is 16.5. The van der Waals surface area contributed by atoms with E-state index >= 15 is 0 Å². The van der Waals surface area contributed by atoms with Crippen molar-refractivity contribution < 1.29 is 0 Å². The van der Waals surface area contributed by atoms with Gasteiger partial charge in [-0.3, -0.25) is 0 Å². The minimum atomic E-state index is -0.636. The molecule has 1 saturated heterocycles. The zero-order valence-corrected chi connectivity index (χ0v) is 19.3. The van der Waals surface area contributed by atoms with Gasteiger partial charge in [0, 0.05) is 23.3 Å². The number of hydrogen-bond donors (Lipinski definition) is 0. The molecule has 1 heterocycles. The van der Waals surface area contributed by atoms with E-state index in [9.17, 15) is 0 Å². The SMILES string of the molecule is CC(C)C1CCCN1c1c(P(c2ccccc2)c2ccccc2)ccc2ccccc12. The van der Waals surface area contributed by atoms with Crippen molar-refractivity contribution in [2.24, 2.45) is 5.92 Å². The van der Waals surface area contributed by atoms with Gasteiger partial charge in [-0.1, -0.05) is 111 Å². The van der Waals surface area contributed by atoms with Crippen molar-refractivity contribution in [3.63, 3.8) is 0 Å². The molecule has 0 aromatic heterocycles. The van der Waals surface area contributed by atoms with Crippen LogP contribution in [0.5, 0.6) is 0 Å². The van der Waals surface area contributed by atoms with Crippen molar-refractivity contribution in [2.75, 3.05) is 11.4 Å². The maximum absolute atomic E-state index is 2.74. The molecule has 1 aliphatic heterocycles. The van der Waals surface area contributed by atoms with Crippen molar-refractivity contribution in [1.82, 2.24) is 0 Å². The summed E-state index contributed by atoms with van der Waals surface area (Å²) in [6.07, 6.45) is 2.56. The smallest absolute Gasteiger partial charge is 0.0533 e. The predicted octanol–water partition coefficient (Wildman–Crippen LogP) is 6.22. The van der Waals surface area contributed by atoms with E-state index in [1.165, 1.54) is 45.2 Å². The standard InChI is InChI=1S/C29H30NP/c1-22(2)27-18-11-21-30(27)29-26-17-10-9-12-23(26)19-20-28(29)31(24-13-5-3-6-14-24)25-15-7-4-8-16-25/h3-10,12-17,19-20,22,27H,11,18,21H2,1-2H3. The van der Waals surface area contributed by atoms with Crippen LogP contribution in [-0.2, 0) is 0 Å². The first kappa shape index (κ1) is 20.3. The van der Waals surface area contributed by atoms with E-state index in [-0.39, 0.29) is 0 Å². The largest absolute Gasteiger partial charge is 0.367 e. The third-order valence-electron chi connectivity index (χ3n) is 6.50. The van der Waals surface area contributed by atoms with Gasteiger partial charge in [0.25, 0.3) is 0 Å². The van der Waals surface area contributed by atoms with Crippen molar-refractivity contribution in [2.45, 2.75) is 32.7 Å². The van der Waals surface area contributed by atoms with Crippen LogP contribution in [0, 0.1) is 5.92 Å². The molecule has 0 aliphatic carbocycles. The van der Waals surface area contributed by atoms with Gasteiger partial charge in [-0.05, 0) is 42.7 Å². The molecule has 0 amide bonds. The van der Waals surface area contributed by atoms with Gasteiger partial charge >= 0.3 is 0 Å². The van der Waals surface area contributed by atoms with Crippen LogP contribution in [0.2, 0.25) is 0 Å². The van der Waals surface area contributed by atoms with Crippen LogP contribution in [0.25, 0.3) is 10.8 Å². The first-order valence-electron chi connectivity index (χ1n) is 11.4.